The van der Waals surface area contributed by atoms with Crippen molar-refractivity contribution in [3.8, 4) is 17.2 Å². The van der Waals surface area contributed by atoms with Crippen LogP contribution in [-0.2, 0) is 6.42 Å². The van der Waals surface area contributed by atoms with Crippen LogP contribution < -0.4 is 9.47 Å². The number of fused-ring (bicyclic) bond motifs is 1. The smallest absolute Gasteiger partial charge is 0.137 e. The molecule has 1 atom stereocenters. The molecule has 2 aromatic rings. The lowest BCUT2D eigenvalue weighted by atomic mass is 10.1. The third-order valence-corrected chi connectivity index (χ3v) is 3.04. The van der Waals surface area contributed by atoms with E-state index in [4.69, 9.17) is 14.6 Å². The number of hydrogen-bond donors (Lipinski definition) is 1. The summed E-state index contributed by atoms with van der Waals surface area (Å²) in [5.41, 5.74) is 0.874. The predicted molar refractivity (Wildman–Crippen MR) is 68.1 cm³/mol. The molecule has 0 saturated heterocycles. The second kappa shape index (κ2) is 4.80. The number of hydrogen-bond acceptors (Lipinski definition) is 3. The summed E-state index contributed by atoms with van der Waals surface area (Å²) in [4.78, 5) is 0. The van der Waals surface area contributed by atoms with Gasteiger partial charge in [-0.2, -0.15) is 0 Å². The number of phenolic OH excluding ortho intramolecular Hbond substituents is 1. The standard InChI is InChI=1S/C15H13FO3/c16-11-1-6-15-10(7-11)8-14(19-15)9-18-13-4-2-12(17)3-5-13/h1-7,14,17H,8-9H2. The summed E-state index contributed by atoms with van der Waals surface area (Å²) < 4.78 is 24.3. The molecule has 2 aromatic carbocycles. The second-order valence-electron chi connectivity index (χ2n) is 4.50. The molecule has 3 nitrogen and oxygen atoms in total. The topological polar surface area (TPSA) is 38.7 Å². The minimum atomic E-state index is -0.248. The quantitative estimate of drug-likeness (QED) is 0.922. The van der Waals surface area contributed by atoms with Gasteiger partial charge in [0.05, 0.1) is 0 Å². The van der Waals surface area contributed by atoms with Crippen LogP contribution >= 0.6 is 0 Å². The van der Waals surface area contributed by atoms with E-state index in [0.29, 0.717) is 18.8 Å². The van der Waals surface area contributed by atoms with Crippen LogP contribution in [0.15, 0.2) is 42.5 Å². The van der Waals surface area contributed by atoms with Gasteiger partial charge in [0, 0.05) is 12.0 Å². The highest BCUT2D eigenvalue weighted by atomic mass is 19.1. The molecular formula is C15H13FO3. The summed E-state index contributed by atoms with van der Waals surface area (Å²) in [5, 5.41) is 9.16. The molecule has 0 amide bonds. The van der Waals surface area contributed by atoms with Gasteiger partial charge in [-0.15, -0.1) is 0 Å². The Labute approximate surface area is 110 Å². The van der Waals surface area contributed by atoms with Crippen molar-refractivity contribution in [2.24, 2.45) is 0 Å². The number of halogens is 1. The van der Waals surface area contributed by atoms with E-state index in [-0.39, 0.29) is 17.7 Å². The first-order valence-corrected chi connectivity index (χ1v) is 6.07. The third kappa shape index (κ3) is 2.62. The summed E-state index contributed by atoms with van der Waals surface area (Å²) in [7, 11) is 0. The molecule has 0 saturated carbocycles. The van der Waals surface area contributed by atoms with Crippen LogP contribution in [0.4, 0.5) is 4.39 Å². The van der Waals surface area contributed by atoms with Crippen LogP contribution in [0.3, 0.4) is 0 Å². The van der Waals surface area contributed by atoms with E-state index in [1.807, 2.05) is 0 Å². The number of benzene rings is 2. The average molecular weight is 260 g/mol. The van der Waals surface area contributed by atoms with Crippen molar-refractivity contribution in [3.63, 3.8) is 0 Å². The lowest BCUT2D eigenvalue weighted by molar-refractivity contribution is 0.148. The van der Waals surface area contributed by atoms with Crippen LogP contribution in [0.1, 0.15) is 5.56 Å². The van der Waals surface area contributed by atoms with Crippen LogP contribution in [0, 0.1) is 5.82 Å². The number of aromatic hydroxyl groups is 1. The SMILES string of the molecule is Oc1ccc(OCC2Cc3cc(F)ccc3O2)cc1. The van der Waals surface area contributed by atoms with Gasteiger partial charge in [-0.05, 0) is 42.5 Å². The van der Waals surface area contributed by atoms with E-state index in [1.54, 1.807) is 30.3 Å². The lowest BCUT2D eigenvalue weighted by Crippen LogP contribution is -2.22. The molecule has 0 radical (unpaired) electrons. The van der Waals surface area contributed by atoms with Gasteiger partial charge in [0.25, 0.3) is 0 Å². The first-order valence-electron chi connectivity index (χ1n) is 6.07. The Morgan fingerprint density at radius 3 is 2.79 bits per heavy atom. The zero-order valence-corrected chi connectivity index (χ0v) is 10.2. The van der Waals surface area contributed by atoms with Crippen LogP contribution in [0.2, 0.25) is 0 Å². The van der Waals surface area contributed by atoms with Crippen molar-refractivity contribution in [1.82, 2.24) is 0 Å². The summed E-state index contributed by atoms with van der Waals surface area (Å²) in [6.07, 6.45) is 0.538. The summed E-state index contributed by atoms with van der Waals surface area (Å²) in [6.45, 7) is 0.390. The molecule has 0 spiro atoms. The normalized spacial score (nSPS) is 16.8. The minimum Gasteiger partial charge on any atom is -0.508 e. The Morgan fingerprint density at radius 1 is 1.21 bits per heavy atom. The monoisotopic (exact) mass is 260 g/mol. The molecule has 1 unspecified atom stereocenters. The van der Waals surface area contributed by atoms with E-state index in [1.165, 1.54) is 12.1 Å². The number of ether oxygens (including phenoxy) is 2. The maximum Gasteiger partial charge on any atom is 0.137 e. The Kier molecular flexibility index (Phi) is 2.99. The van der Waals surface area contributed by atoms with Crippen molar-refractivity contribution in [1.29, 1.82) is 0 Å². The Balaban J connectivity index is 1.60. The summed E-state index contributed by atoms with van der Waals surface area (Å²) in [5.74, 6) is 1.35. The van der Waals surface area contributed by atoms with E-state index in [2.05, 4.69) is 0 Å². The Hall–Kier alpha value is -2.23. The van der Waals surface area contributed by atoms with E-state index in [9.17, 15) is 4.39 Å². The summed E-state index contributed by atoms with van der Waals surface area (Å²) in [6, 6.07) is 11.0. The first kappa shape index (κ1) is 11.8. The molecule has 1 heterocycles. The van der Waals surface area contributed by atoms with Crippen molar-refractivity contribution in [2.45, 2.75) is 12.5 Å². The highest BCUT2D eigenvalue weighted by Gasteiger charge is 2.23. The maximum atomic E-state index is 13.1. The molecule has 98 valence electrons. The first-order chi connectivity index (χ1) is 9.20. The highest BCUT2D eigenvalue weighted by molar-refractivity contribution is 5.38. The van der Waals surface area contributed by atoms with E-state index in [0.717, 1.165) is 11.3 Å². The summed E-state index contributed by atoms with van der Waals surface area (Å²) >= 11 is 0. The Bertz CT molecular complexity index is 580. The van der Waals surface area contributed by atoms with Crippen LogP contribution in [-0.4, -0.2) is 17.8 Å². The van der Waals surface area contributed by atoms with Gasteiger partial charge in [-0.25, -0.2) is 4.39 Å². The molecule has 3 rings (SSSR count). The van der Waals surface area contributed by atoms with E-state index >= 15 is 0 Å². The highest BCUT2D eigenvalue weighted by Crippen LogP contribution is 2.29. The molecule has 4 heteroatoms. The van der Waals surface area contributed by atoms with Crippen LogP contribution in [0.25, 0.3) is 0 Å². The van der Waals surface area contributed by atoms with Crippen molar-refractivity contribution in [3.05, 3.63) is 53.8 Å². The average Bonchev–Trinajstić information content (AvgIpc) is 2.80. The largest absolute Gasteiger partial charge is 0.508 e. The molecule has 0 aromatic heterocycles. The van der Waals surface area contributed by atoms with Gasteiger partial charge in [0.15, 0.2) is 0 Å². The van der Waals surface area contributed by atoms with Gasteiger partial charge in [-0.3, -0.25) is 0 Å². The van der Waals surface area contributed by atoms with Crippen molar-refractivity contribution < 1.29 is 19.0 Å². The van der Waals surface area contributed by atoms with Gasteiger partial charge in [-0.1, -0.05) is 0 Å². The molecular weight excluding hydrogens is 247 g/mol. The van der Waals surface area contributed by atoms with Gasteiger partial charge in [0.2, 0.25) is 0 Å². The van der Waals surface area contributed by atoms with E-state index < -0.39 is 0 Å². The predicted octanol–water partition coefficient (Wildman–Crippen LogP) is 2.91. The molecule has 19 heavy (non-hydrogen) atoms. The fraction of sp³-hybridized carbons (Fsp3) is 0.200. The lowest BCUT2D eigenvalue weighted by Gasteiger charge is -2.12. The second-order valence-corrected chi connectivity index (χ2v) is 4.50. The molecule has 0 bridgehead atoms. The van der Waals surface area contributed by atoms with Gasteiger partial charge in [0.1, 0.15) is 35.8 Å². The van der Waals surface area contributed by atoms with Gasteiger partial charge >= 0.3 is 0 Å². The fourth-order valence-corrected chi connectivity index (χ4v) is 2.11. The fourth-order valence-electron chi connectivity index (χ4n) is 2.11. The maximum absolute atomic E-state index is 13.1. The van der Waals surface area contributed by atoms with Crippen molar-refractivity contribution >= 4 is 0 Å². The van der Waals surface area contributed by atoms with Crippen molar-refractivity contribution in [2.75, 3.05) is 6.61 Å². The zero-order valence-electron chi connectivity index (χ0n) is 10.2. The van der Waals surface area contributed by atoms with Crippen LogP contribution in [0.5, 0.6) is 17.2 Å². The number of rotatable bonds is 3. The molecule has 1 aliphatic heterocycles. The molecule has 1 N–H and O–H groups in total. The molecule has 0 fully saturated rings. The Morgan fingerprint density at radius 2 is 2.00 bits per heavy atom. The number of phenols is 1. The van der Waals surface area contributed by atoms with Gasteiger partial charge < -0.3 is 14.6 Å². The molecule has 0 aliphatic carbocycles. The molecule has 1 aliphatic rings. The third-order valence-electron chi connectivity index (χ3n) is 3.04. The minimum absolute atomic E-state index is 0.106. The zero-order chi connectivity index (χ0) is 13.2.